The first-order chi connectivity index (χ1) is 28.8. The van der Waals surface area contributed by atoms with Crippen LogP contribution < -0.4 is 0 Å². The van der Waals surface area contributed by atoms with Gasteiger partial charge in [0.1, 0.15) is 22.3 Å². The van der Waals surface area contributed by atoms with Crippen molar-refractivity contribution in [1.82, 2.24) is 23.9 Å². The minimum absolute atomic E-state index is 0.554. The highest BCUT2D eigenvalue weighted by atomic mass is 16.3. The fraction of sp³-hybridized carbons (Fsp3) is 0. The minimum Gasteiger partial charge on any atom is -0.456 e. The van der Waals surface area contributed by atoms with E-state index in [1.54, 1.807) is 0 Å². The lowest BCUT2D eigenvalue weighted by molar-refractivity contribution is 0.669. The summed E-state index contributed by atoms with van der Waals surface area (Å²) in [5.74, 6) is 1.73. The highest BCUT2D eigenvalue weighted by Gasteiger charge is 2.26. The van der Waals surface area contributed by atoms with E-state index >= 15 is 0 Å². The van der Waals surface area contributed by atoms with E-state index in [2.05, 4.69) is 112 Å². The van der Waals surface area contributed by atoms with Gasteiger partial charge in [0.2, 0.25) is 0 Å². The molecule has 58 heavy (non-hydrogen) atoms. The number of para-hydroxylation sites is 3. The third-order valence-corrected chi connectivity index (χ3v) is 12.1. The Hall–Kier alpha value is -8.03. The molecule has 0 saturated carbocycles. The molecule has 0 unspecified atom stereocenters. The first-order valence-corrected chi connectivity index (χ1v) is 19.4. The molecule has 0 bridgehead atoms. The molecule has 0 aliphatic rings. The van der Waals surface area contributed by atoms with E-state index in [-0.39, 0.29) is 0 Å². The van der Waals surface area contributed by atoms with Gasteiger partial charge in [-0.25, -0.2) is 15.0 Å². The average Bonchev–Trinajstić information content (AvgIpc) is 4.02. The normalized spacial score (nSPS) is 12.5. The van der Waals surface area contributed by atoms with Gasteiger partial charge in [0.05, 0.1) is 38.5 Å². The Labute approximate surface area is 328 Å². The van der Waals surface area contributed by atoms with Crippen molar-refractivity contribution in [2.24, 2.45) is 0 Å². The first-order valence-electron chi connectivity index (χ1n) is 19.4. The van der Waals surface area contributed by atoms with E-state index in [4.69, 9.17) is 23.8 Å². The molecule has 0 aliphatic heterocycles. The summed E-state index contributed by atoms with van der Waals surface area (Å²) in [4.78, 5) is 15.4. The van der Waals surface area contributed by atoms with Crippen molar-refractivity contribution in [3.05, 3.63) is 164 Å². The van der Waals surface area contributed by atoms with Crippen LogP contribution in [0.3, 0.4) is 0 Å². The number of fused-ring (bicyclic) bond motifs is 7. The Balaban J connectivity index is 1.04. The van der Waals surface area contributed by atoms with Crippen LogP contribution in [0.4, 0.5) is 0 Å². The topological polar surface area (TPSA) is 74.3 Å². The van der Waals surface area contributed by atoms with E-state index < -0.39 is 0 Å². The number of benzene rings is 8. The van der Waals surface area contributed by atoms with Crippen molar-refractivity contribution in [1.29, 1.82) is 0 Å². The summed E-state index contributed by atoms with van der Waals surface area (Å²) in [5.41, 5.74) is 12.7. The van der Waals surface area contributed by atoms with Gasteiger partial charge in [0.25, 0.3) is 0 Å². The number of furan rings is 2. The van der Waals surface area contributed by atoms with Crippen LogP contribution >= 0.6 is 0 Å². The van der Waals surface area contributed by atoms with Crippen molar-refractivity contribution in [3.8, 4) is 39.9 Å². The summed E-state index contributed by atoms with van der Waals surface area (Å²) in [5, 5.41) is 9.25. The van der Waals surface area contributed by atoms with Crippen molar-refractivity contribution < 1.29 is 8.83 Å². The molecule has 14 aromatic rings. The fourth-order valence-corrected chi connectivity index (χ4v) is 9.69. The minimum atomic E-state index is 0.554. The highest BCUT2D eigenvalue weighted by molar-refractivity contribution is 6.37. The summed E-state index contributed by atoms with van der Waals surface area (Å²) in [6.07, 6.45) is 0. The van der Waals surface area contributed by atoms with Crippen LogP contribution in [0.5, 0.6) is 0 Å². The summed E-state index contributed by atoms with van der Waals surface area (Å²) < 4.78 is 17.9. The molecule has 0 saturated heterocycles. The summed E-state index contributed by atoms with van der Waals surface area (Å²) in [6, 6.07) is 57.0. The first kappa shape index (κ1) is 30.2. The molecule has 0 fully saturated rings. The molecule has 14 rings (SSSR count). The van der Waals surface area contributed by atoms with Gasteiger partial charge in [-0.05, 0) is 66.7 Å². The van der Waals surface area contributed by atoms with Gasteiger partial charge in [-0.2, -0.15) is 0 Å². The van der Waals surface area contributed by atoms with Gasteiger partial charge in [0.15, 0.2) is 17.5 Å². The van der Waals surface area contributed by atoms with Gasteiger partial charge in [-0.1, -0.05) is 97.1 Å². The summed E-state index contributed by atoms with van der Waals surface area (Å²) >= 11 is 0. The Bertz CT molecular complexity index is 3980. The van der Waals surface area contributed by atoms with E-state index in [0.717, 1.165) is 82.8 Å². The van der Waals surface area contributed by atoms with Crippen LogP contribution in [0.1, 0.15) is 0 Å². The lowest BCUT2D eigenvalue weighted by Crippen LogP contribution is -2.01. The standard InChI is InChI=1S/C51H27N5O2/c1-2-11-28(12-3-1)49-52-50(54-51(53-49)35-18-9-17-34-32-16-5-7-22-40(32)58-48(34)35)29-13-8-14-30(27-29)55-37-20-10-21-38-43(37)44-39(55)24-26-41-45(44)46-42(57-41)25-23-33-31-15-4-6-19-36(31)56(38)47(33)46/h1-27H. The quantitative estimate of drug-likeness (QED) is 0.180. The fourth-order valence-electron chi connectivity index (χ4n) is 9.69. The van der Waals surface area contributed by atoms with Crippen LogP contribution in [0.2, 0.25) is 0 Å². The number of hydrogen-bond acceptors (Lipinski definition) is 5. The number of aromatic nitrogens is 5. The van der Waals surface area contributed by atoms with Crippen LogP contribution in [-0.2, 0) is 0 Å². The maximum absolute atomic E-state index is 6.62. The molecule has 0 radical (unpaired) electrons. The molecule has 0 N–H and O–H groups in total. The molecule has 268 valence electrons. The Morgan fingerprint density at radius 1 is 0.379 bits per heavy atom. The summed E-state index contributed by atoms with van der Waals surface area (Å²) in [6.45, 7) is 0. The highest BCUT2D eigenvalue weighted by Crippen LogP contribution is 2.48. The zero-order chi connectivity index (χ0) is 37.6. The molecule has 0 aliphatic carbocycles. The molecule has 6 heterocycles. The average molecular weight is 742 g/mol. The van der Waals surface area contributed by atoms with Crippen molar-refractivity contribution in [2.45, 2.75) is 0 Å². The largest absolute Gasteiger partial charge is 0.456 e. The van der Waals surface area contributed by atoms with Crippen LogP contribution in [-0.4, -0.2) is 23.9 Å². The second-order valence-corrected chi connectivity index (χ2v) is 15.1. The third kappa shape index (κ3) is 3.84. The van der Waals surface area contributed by atoms with E-state index in [1.807, 2.05) is 60.7 Å². The van der Waals surface area contributed by atoms with E-state index in [0.29, 0.717) is 17.5 Å². The van der Waals surface area contributed by atoms with E-state index in [9.17, 15) is 0 Å². The van der Waals surface area contributed by atoms with Crippen LogP contribution in [0.25, 0.3) is 133 Å². The van der Waals surface area contributed by atoms with Gasteiger partial charge in [-0.15, -0.1) is 0 Å². The smallest absolute Gasteiger partial charge is 0.167 e. The maximum Gasteiger partial charge on any atom is 0.167 e. The van der Waals surface area contributed by atoms with Crippen molar-refractivity contribution >= 4 is 93.0 Å². The predicted molar refractivity (Wildman–Crippen MR) is 233 cm³/mol. The zero-order valence-electron chi connectivity index (χ0n) is 30.6. The third-order valence-electron chi connectivity index (χ3n) is 12.1. The van der Waals surface area contributed by atoms with Crippen LogP contribution in [0.15, 0.2) is 173 Å². The number of nitrogens with zero attached hydrogens (tertiary/aromatic N) is 5. The molecule has 6 aromatic heterocycles. The Kier molecular flexibility index (Phi) is 5.65. The molecule has 0 atom stereocenters. The number of hydrogen-bond donors (Lipinski definition) is 0. The molecular formula is C51H27N5O2. The molecule has 0 spiro atoms. The lowest BCUT2D eigenvalue weighted by atomic mass is 10.0. The molecular weight excluding hydrogens is 715 g/mol. The van der Waals surface area contributed by atoms with E-state index in [1.165, 1.54) is 32.6 Å². The Morgan fingerprint density at radius 3 is 1.98 bits per heavy atom. The predicted octanol–water partition coefficient (Wildman–Crippen LogP) is 13.2. The van der Waals surface area contributed by atoms with Gasteiger partial charge < -0.3 is 17.8 Å². The Morgan fingerprint density at radius 2 is 1.05 bits per heavy atom. The maximum atomic E-state index is 6.62. The second kappa shape index (κ2) is 10.8. The second-order valence-electron chi connectivity index (χ2n) is 15.1. The lowest BCUT2D eigenvalue weighted by Gasteiger charge is -2.12. The molecule has 0 amide bonds. The zero-order valence-corrected chi connectivity index (χ0v) is 30.6. The van der Waals surface area contributed by atoms with Crippen molar-refractivity contribution in [2.75, 3.05) is 0 Å². The van der Waals surface area contributed by atoms with Gasteiger partial charge in [-0.3, -0.25) is 0 Å². The number of rotatable bonds is 4. The molecule has 8 aromatic carbocycles. The molecule has 7 nitrogen and oxygen atoms in total. The SMILES string of the molecule is c1ccc(-c2nc(-c3cccc(-n4c5ccc6oc7ccc8c9ccccc9n9c%10cccc4c%10c5c6c7c89)c3)nc(-c3cccc4c3oc3ccccc34)n2)cc1. The van der Waals surface area contributed by atoms with Gasteiger partial charge in [0, 0.05) is 54.5 Å². The van der Waals surface area contributed by atoms with Crippen LogP contribution in [0, 0.1) is 0 Å². The van der Waals surface area contributed by atoms with Gasteiger partial charge >= 0.3 is 0 Å². The monoisotopic (exact) mass is 741 g/mol. The van der Waals surface area contributed by atoms with Crippen molar-refractivity contribution in [3.63, 3.8) is 0 Å². The summed E-state index contributed by atoms with van der Waals surface area (Å²) in [7, 11) is 0. The molecule has 7 heteroatoms.